The molecule has 0 atom stereocenters. The van der Waals surface area contributed by atoms with Gasteiger partial charge in [-0.1, -0.05) is 35.9 Å². The molecule has 23 heavy (non-hydrogen) atoms. The van der Waals surface area contributed by atoms with E-state index in [9.17, 15) is 4.79 Å². The van der Waals surface area contributed by atoms with Crippen LogP contribution in [0.25, 0.3) is 11.0 Å². The summed E-state index contributed by atoms with van der Waals surface area (Å²) >= 11 is 6.37. The number of pyridine rings is 1. The fourth-order valence-electron chi connectivity index (χ4n) is 2.47. The minimum atomic E-state index is -0.239. The number of hydrogen-bond acceptors (Lipinski definition) is 3. The SMILES string of the molecule is CCn1ncc2c(Cl)c(C(=O)NCc3ccccc3C)cnc21. The number of nitrogens with one attached hydrogen (secondary N) is 1. The fraction of sp³-hybridized carbons (Fsp3) is 0.235. The van der Waals surface area contributed by atoms with Gasteiger partial charge in [-0.3, -0.25) is 4.79 Å². The first kappa shape index (κ1) is 15.5. The van der Waals surface area contributed by atoms with Crippen LogP contribution in [0.15, 0.2) is 36.7 Å². The van der Waals surface area contributed by atoms with Crippen molar-refractivity contribution in [3.63, 3.8) is 0 Å². The van der Waals surface area contributed by atoms with Crippen molar-refractivity contribution in [1.82, 2.24) is 20.1 Å². The molecular weight excluding hydrogens is 312 g/mol. The van der Waals surface area contributed by atoms with Gasteiger partial charge < -0.3 is 5.32 Å². The molecule has 0 fully saturated rings. The molecule has 3 rings (SSSR count). The standard InChI is InChI=1S/C17H17ClN4O/c1-3-22-16-13(10-21-22)15(18)14(9-19-16)17(23)20-8-12-7-5-4-6-11(12)2/h4-7,9-10H,3,8H2,1-2H3,(H,20,23). The molecule has 0 bridgehead atoms. The van der Waals surface area contributed by atoms with E-state index in [1.54, 1.807) is 10.9 Å². The largest absolute Gasteiger partial charge is 0.348 e. The molecule has 1 aromatic carbocycles. The van der Waals surface area contributed by atoms with Crippen molar-refractivity contribution in [1.29, 1.82) is 0 Å². The number of carbonyl (C=O) groups excluding carboxylic acids is 1. The Morgan fingerprint density at radius 3 is 2.83 bits per heavy atom. The molecule has 0 saturated heterocycles. The number of hydrogen-bond donors (Lipinski definition) is 1. The number of fused-ring (bicyclic) bond motifs is 1. The Bertz CT molecular complexity index is 872. The number of benzene rings is 1. The van der Waals surface area contributed by atoms with E-state index in [1.807, 2.05) is 38.1 Å². The average Bonchev–Trinajstić information content (AvgIpc) is 2.98. The quantitative estimate of drug-likeness (QED) is 0.799. The topological polar surface area (TPSA) is 59.8 Å². The molecule has 0 unspecified atom stereocenters. The summed E-state index contributed by atoms with van der Waals surface area (Å²) in [6.07, 6.45) is 3.15. The molecule has 0 spiro atoms. The van der Waals surface area contributed by atoms with E-state index in [0.29, 0.717) is 34.7 Å². The van der Waals surface area contributed by atoms with Crippen LogP contribution < -0.4 is 5.32 Å². The van der Waals surface area contributed by atoms with Gasteiger partial charge in [0.05, 0.1) is 22.2 Å². The zero-order valence-electron chi connectivity index (χ0n) is 13.0. The van der Waals surface area contributed by atoms with Crippen LogP contribution in [0.2, 0.25) is 5.02 Å². The van der Waals surface area contributed by atoms with Gasteiger partial charge in [0.25, 0.3) is 5.91 Å². The summed E-state index contributed by atoms with van der Waals surface area (Å²) in [5.41, 5.74) is 3.26. The monoisotopic (exact) mass is 328 g/mol. The Kier molecular flexibility index (Phi) is 4.30. The van der Waals surface area contributed by atoms with Gasteiger partial charge in [0.2, 0.25) is 0 Å². The second kappa shape index (κ2) is 6.38. The molecule has 0 aliphatic rings. The van der Waals surface area contributed by atoms with Crippen LogP contribution in [0.5, 0.6) is 0 Å². The lowest BCUT2D eigenvalue weighted by atomic mass is 10.1. The van der Waals surface area contributed by atoms with Crippen LogP contribution >= 0.6 is 11.6 Å². The average molecular weight is 329 g/mol. The third-order valence-corrected chi connectivity index (χ3v) is 4.25. The van der Waals surface area contributed by atoms with Crippen LogP contribution in [0.1, 0.15) is 28.4 Å². The Balaban J connectivity index is 1.84. The summed E-state index contributed by atoms with van der Waals surface area (Å²) in [5.74, 6) is -0.239. The zero-order chi connectivity index (χ0) is 16.4. The Morgan fingerprint density at radius 1 is 1.30 bits per heavy atom. The highest BCUT2D eigenvalue weighted by Crippen LogP contribution is 2.25. The molecule has 0 radical (unpaired) electrons. The number of rotatable bonds is 4. The highest BCUT2D eigenvalue weighted by Gasteiger charge is 2.16. The van der Waals surface area contributed by atoms with Crippen LogP contribution in [-0.2, 0) is 13.1 Å². The molecule has 1 amide bonds. The number of aryl methyl sites for hydroxylation is 2. The number of nitrogens with zero attached hydrogens (tertiary/aromatic N) is 3. The van der Waals surface area contributed by atoms with Crippen LogP contribution in [-0.4, -0.2) is 20.7 Å². The van der Waals surface area contributed by atoms with Gasteiger partial charge in [-0.15, -0.1) is 0 Å². The van der Waals surface area contributed by atoms with Gasteiger partial charge in [-0.05, 0) is 25.0 Å². The Hall–Kier alpha value is -2.40. The van der Waals surface area contributed by atoms with Gasteiger partial charge in [-0.25, -0.2) is 9.67 Å². The molecule has 0 aliphatic heterocycles. The number of halogens is 1. The summed E-state index contributed by atoms with van der Waals surface area (Å²) in [7, 11) is 0. The summed E-state index contributed by atoms with van der Waals surface area (Å²) in [4.78, 5) is 16.7. The maximum absolute atomic E-state index is 12.4. The van der Waals surface area contributed by atoms with Crippen molar-refractivity contribution >= 4 is 28.5 Å². The molecule has 118 valence electrons. The van der Waals surface area contributed by atoms with E-state index in [4.69, 9.17) is 11.6 Å². The lowest BCUT2D eigenvalue weighted by molar-refractivity contribution is 0.0951. The fourth-order valence-corrected chi connectivity index (χ4v) is 2.73. The Labute approximate surface area is 139 Å². The maximum Gasteiger partial charge on any atom is 0.254 e. The van der Waals surface area contributed by atoms with Gasteiger partial charge in [0.1, 0.15) is 0 Å². The van der Waals surface area contributed by atoms with Crippen molar-refractivity contribution in [2.45, 2.75) is 26.9 Å². The lowest BCUT2D eigenvalue weighted by Gasteiger charge is -2.09. The van der Waals surface area contributed by atoms with E-state index in [1.165, 1.54) is 6.20 Å². The van der Waals surface area contributed by atoms with Crippen LogP contribution in [0.3, 0.4) is 0 Å². The highest BCUT2D eigenvalue weighted by molar-refractivity contribution is 6.38. The molecule has 3 aromatic rings. The van der Waals surface area contributed by atoms with Crippen molar-refractivity contribution in [3.05, 3.63) is 58.4 Å². The molecule has 1 N–H and O–H groups in total. The van der Waals surface area contributed by atoms with Crippen molar-refractivity contribution in [3.8, 4) is 0 Å². The summed E-state index contributed by atoms with van der Waals surface area (Å²) in [6, 6.07) is 7.93. The highest BCUT2D eigenvalue weighted by atomic mass is 35.5. The van der Waals surface area contributed by atoms with Gasteiger partial charge in [-0.2, -0.15) is 5.10 Å². The number of amides is 1. The summed E-state index contributed by atoms with van der Waals surface area (Å²) < 4.78 is 1.75. The predicted octanol–water partition coefficient (Wildman–Crippen LogP) is 3.34. The summed E-state index contributed by atoms with van der Waals surface area (Å²) in [6.45, 7) is 5.14. The molecule has 0 aliphatic carbocycles. The second-order valence-electron chi connectivity index (χ2n) is 5.29. The second-order valence-corrected chi connectivity index (χ2v) is 5.67. The first-order valence-corrected chi connectivity index (χ1v) is 7.82. The molecule has 2 aromatic heterocycles. The number of carbonyl (C=O) groups is 1. The molecule has 0 saturated carbocycles. The molecule has 2 heterocycles. The third kappa shape index (κ3) is 2.92. The maximum atomic E-state index is 12.4. The first-order valence-electron chi connectivity index (χ1n) is 7.44. The van der Waals surface area contributed by atoms with E-state index < -0.39 is 0 Å². The van der Waals surface area contributed by atoms with Crippen molar-refractivity contribution in [2.75, 3.05) is 0 Å². The summed E-state index contributed by atoms with van der Waals surface area (Å²) in [5, 5.41) is 8.19. The van der Waals surface area contributed by atoms with E-state index in [2.05, 4.69) is 15.4 Å². The lowest BCUT2D eigenvalue weighted by Crippen LogP contribution is -2.23. The zero-order valence-corrected chi connectivity index (χ0v) is 13.8. The smallest absolute Gasteiger partial charge is 0.254 e. The number of aromatic nitrogens is 3. The normalized spacial score (nSPS) is 10.9. The van der Waals surface area contributed by atoms with Gasteiger partial charge >= 0.3 is 0 Å². The first-order chi connectivity index (χ1) is 11.1. The minimum Gasteiger partial charge on any atom is -0.348 e. The predicted molar refractivity (Wildman–Crippen MR) is 90.6 cm³/mol. The minimum absolute atomic E-state index is 0.239. The van der Waals surface area contributed by atoms with Crippen molar-refractivity contribution < 1.29 is 4.79 Å². The molecular formula is C17H17ClN4O. The van der Waals surface area contributed by atoms with Gasteiger partial charge in [0.15, 0.2) is 5.65 Å². The van der Waals surface area contributed by atoms with E-state index >= 15 is 0 Å². The molecule has 6 heteroatoms. The van der Waals surface area contributed by atoms with E-state index in [0.717, 1.165) is 11.1 Å². The third-order valence-electron chi connectivity index (χ3n) is 3.85. The van der Waals surface area contributed by atoms with E-state index in [-0.39, 0.29) is 5.91 Å². The van der Waals surface area contributed by atoms with Crippen molar-refractivity contribution in [2.24, 2.45) is 0 Å². The molecule has 5 nitrogen and oxygen atoms in total. The Morgan fingerprint density at radius 2 is 2.09 bits per heavy atom. The van der Waals surface area contributed by atoms with Crippen LogP contribution in [0, 0.1) is 6.92 Å². The van der Waals surface area contributed by atoms with Crippen LogP contribution in [0.4, 0.5) is 0 Å². The van der Waals surface area contributed by atoms with Gasteiger partial charge in [0, 0.05) is 19.3 Å².